The second-order valence-electron chi connectivity index (χ2n) is 8.11. The summed E-state index contributed by atoms with van der Waals surface area (Å²) in [6, 6.07) is 9.00. The zero-order chi connectivity index (χ0) is 23.1. The minimum atomic E-state index is -0.972. The summed E-state index contributed by atoms with van der Waals surface area (Å²) in [6.07, 6.45) is 0.830. The van der Waals surface area contributed by atoms with Gasteiger partial charge < -0.3 is 24.5 Å². The van der Waals surface area contributed by atoms with E-state index in [2.05, 4.69) is 20.8 Å². The number of carbonyl (C=O) groups excluding carboxylic acids is 1. The van der Waals surface area contributed by atoms with E-state index >= 15 is 0 Å². The van der Waals surface area contributed by atoms with Crippen molar-refractivity contribution in [2.75, 3.05) is 26.1 Å². The maximum absolute atomic E-state index is 14.6. The summed E-state index contributed by atoms with van der Waals surface area (Å²) in [5.74, 6) is -1.26. The number of ether oxygens (including phenoxy) is 2. The average Bonchev–Trinajstić information content (AvgIpc) is 3.35. The van der Waals surface area contributed by atoms with E-state index in [4.69, 9.17) is 13.9 Å². The number of amides is 1. The monoisotopic (exact) mass is 456 g/mol. The normalized spacial score (nSPS) is 23.8. The lowest BCUT2D eigenvalue weighted by Crippen LogP contribution is -2.33. The largest absolute Gasteiger partial charge is 0.497 e. The second kappa shape index (κ2) is 8.34. The molecule has 2 aromatic carbocycles. The summed E-state index contributed by atoms with van der Waals surface area (Å²) in [4.78, 5) is 12.4. The van der Waals surface area contributed by atoms with Gasteiger partial charge in [0.1, 0.15) is 29.2 Å². The number of benzene rings is 2. The molecule has 172 valence electrons. The third-order valence-electron chi connectivity index (χ3n) is 6.21. The number of halogens is 2. The lowest BCUT2D eigenvalue weighted by molar-refractivity contribution is -0.119. The molecule has 0 bridgehead atoms. The van der Waals surface area contributed by atoms with E-state index in [1.807, 2.05) is 24.3 Å². The number of rotatable bonds is 7. The van der Waals surface area contributed by atoms with Gasteiger partial charge in [-0.1, -0.05) is 23.3 Å². The van der Waals surface area contributed by atoms with Gasteiger partial charge in [-0.15, -0.1) is 5.10 Å². The van der Waals surface area contributed by atoms with Crippen molar-refractivity contribution >= 4 is 11.9 Å². The Kier molecular flexibility index (Phi) is 5.35. The molecule has 5 rings (SSSR count). The molecule has 1 aliphatic heterocycles. The lowest BCUT2D eigenvalue weighted by atomic mass is 9.93. The Balaban J connectivity index is 1.33. The van der Waals surface area contributed by atoms with Crippen LogP contribution >= 0.6 is 0 Å². The molecule has 0 radical (unpaired) electrons. The van der Waals surface area contributed by atoms with Gasteiger partial charge in [0.25, 0.3) is 0 Å². The van der Waals surface area contributed by atoms with Crippen LogP contribution in [0.3, 0.4) is 0 Å². The smallest absolute Gasteiger partial charge is 0.316 e. The number of hydrogen-bond acceptors (Lipinski definition) is 7. The van der Waals surface area contributed by atoms with Gasteiger partial charge in [0, 0.05) is 36.1 Å². The first-order chi connectivity index (χ1) is 16.0. The van der Waals surface area contributed by atoms with E-state index < -0.39 is 29.5 Å². The maximum atomic E-state index is 14.6. The fourth-order valence-corrected chi connectivity index (χ4v) is 4.45. The molecule has 1 amide bonds. The number of aromatic nitrogens is 2. The number of para-hydroxylation sites is 1. The maximum Gasteiger partial charge on any atom is 0.316 e. The van der Waals surface area contributed by atoms with Crippen molar-refractivity contribution in [1.82, 2.24) is 15.5 Å². The fraction of sp³-hybridized carbons (Fsp3) is 0.348. The zero-order valence-corrected chi connectivity index (χ0v) is 18.0. The minimum Gasteiger partial charge on any atom is -0.497 e. The van der Waals surface area contributed by atoms with Crippen LogP contribution < -0.4 is 20.1 Å². The topological polar surface area (TPSA) is 98.5 Å². The van der Waals surface area contributed by atoms with Crippen LogP contribution in [-0.4, -0.2) is 42.9 Å². The summed E-state index contributed by atoms with van der Waals surface area (Å²) < 4.78 is 45.3. The standard InChI is InChI=1S/C23H22F2N4O4/c1-31-11-7-16(24)19(17(25)8-11)15-10-26-21(30)20(15)27-23-29-28-22(33-23)14-9-13(14)12-5-3-4-6-18(12)32-2/h3-8,13-15,20H,9-10H2,1-2H3,(H,26,30)(H,27,29)/t13?,14?,15?,20-/m1/s1. The van der Waals surface area contributed by atoms with Gasteiger partial charge in [-0.05, 0) is 24.0 Å². The molecule has 2 fully saturated rings. The van der Waals surface area contributed by atoms with Crippen LogP contribution in [-0.2, 0) is 4.79 Å². The van der Waals surface area contributed by atoms with Crippen molar-refractivity contribution in [2.45, 2.75) is 30.2 Å². The van der Waals surface area contributed by atoms with E-state index in [-0.39, 0.29) is 35.7 Å². The molecule has 1 saturated heterocycles. The molecule has 2 heterocycles. The van der Waals surface area contributed by atoms with Gasteiger partial charge >= 0.3 is 6.01 Å². The van der Waals surface area contributed by atoms with Gasteiger partial charge in [-0.3, -0.25) is 4.79 Å². The highest BCUT2D eigenvalue weighted by Crippen LogP contribution is 2.56. The number of anilines is 1. The summed E-state index contributed by atoms with van der Waals surface area (Å²) >= 11 is 0. The predicted octanol–water partition coefficient (Wildman–Crippen LogP) is 3.33. The number of nitrogens with zero attached hydrogens (tertiary/aromatic N) is 2. The van der Waals surface area contributed by atoms with Gasteiger partial charge in [0.05, 0.1) is 14.2 Å². The summed E-state index contributed by atoms with van der Waals surface area (Å²) in [7, 11) is 2.95. The first kappa shape index (κ1) is 21.2. The van der Waals surface area contributed by atoms with E-state index in [1.54, 1.807) is 7.11 Å². The van der Waals surface area contributed by atoms with Crippen molar-refractivity contribution in [1.29, 1.82) is 0 Å². The number of carbonyl (C=O) groups is 1. The minimum absolute atomic E-state index is 0.0251. The molecule has 2 aliphatic rings. The Hall–Kier alpha value is -3.69. The molecule has 3 aromatic rings. The molecule has 1 aromatic heterocycles. The van der Waals surface area contributed by atoms with Crippen molar-refractivity contribution < 1.29 is 27.5 Å². The lowest BCUT2D eigenvalue weighted by Gasteiger charge is -2.19. The summed E-state index contributed by atoms with van der Waals surface area (Å²) in [6.45, 7) is 0.0656. The van der Waals surface area contributed by atoms with Gasteiger partial charge in [0.15, 0.2) is 0 Å². The van der Waals surface area contributed by atoms with E-state index in [9.17, 15) is 13.6 Å². The first-order valence-corrected chi connectivity index (χ1v) is 10.5. The van der Waals surface area contributed by atoms with Crippen molar-refractivity contribution in [2.24, 2.45) is 0 Å². The SMILES string of the molecule is COc1cc(F)c(C2CNC(=O)[C@@H]2Nc2nnc(C3CC3c3ccccc3OC)o2)c(F)c1. The zero-order valence-electron chi connectivity index (χ0n) is 18.0. The Morgan fingerprint density at radius 3 is 2.55 bits per heavy atom. The van der Waals surface area contributed by atoms with Crippen LogP contribution in [0.5, 0.6) is 11.5 Å². The molecular weight excluding hydrogens is 434 g/mol. The van der Waals surface area contributed by atoms with Crippen LogP contribution in [0.15, 0.2) is 40.8 Å². The molecule has 33 heavy (non-hydrogen) atoms. The predicted molar refractivity (Wildman–Crippen MR) is 113 cm³/mol. The number of hydrogen-bond donors (Lipinski definition) is 2. The van der Waals surface area contributed by atoms with Crippen LogP contribution in [0.1, 0.15) is 41.2 Å². The van der Waals surface area contributed by atoms with Crippen LogP contribution in [0.4, 0.5) is 14.8 Å². The molecule has 8 nitrogen and oxygen atoms in total. The van der Waals surface area contributed by atoms with Gasteiger partial charge in [-0.25, -0.2) is 8.78 Å². The highest BCUT2D eigenvalue weighted by molar-refractivity contribution is 5.88. The molecule has 2 N–H and O–H groups in total. The quantitative estimate of drug-likeness (QED) is 0.563. The Bertz CT molecular complexity index is 1180. The number of methoxy groups -OCH3 is 2. The van der Waals surface area contributed by atoms with E-state index in [0.717, 1.165) is 29.9 Å². The molecule has 0 spiro atoms. The van der Waals surface area contributed by atoms with Gasteiger partial charge in [0.2, 0.25) is 11.8 Å². The molecule has 1 saturated carbocycles. The third kappa shape index (κ3) is 3.85. The molecule has 10 heteroatoms. The summed E-state index contributed by atoms with van der Waals surface area (Å²) in [5, 5.41) is 13.6. The highest BCUT2D eigenvalue weighted by atomic mass is 19.1. The van der Waals surface area contributed by atoms with Crippen molar-refractivity contribution in [3.63, 3.8) is 0 Å². The highest BCUT2D eigenvalue weighted by Gasteiger charge is 2.45. The fourth-order valence-electron chi connectivity index (χ4n) is 4.45. The molecular formula is C23H22F2N4O4. The van der Waals surface area contributed by atoms with Gasteiger partial charge in [-0.2, -0.15) is 0 Å². The average molecular weight is 456 g/mol. The van der Waals surface area contributed by atoms with Crippen molar-refractivity contribution in [3.05, 3.63) is 65.1 Å². The molecule has 4 atom stereocenters. The van der Waals surface area contributed by atoms with Crippen LogP contribution in [0, 0.1) is 11.6 Å². The molecule has 1 aliphatic carbocycles. The molecule has 3 unspecified atom stereocenters. The van der Waals surface area contributed by atoms with Crippen molar-refractivity contribution in [3.8, 4) is 11.5 Å². The Morgan fingerprint density at radius 2 is 1.82 bits per heavy atom. The Labute approximate surface area is 188 Å². The van der Waals surface area contributed by atoms with Crippen LogP contribution in [0.25, 0.3) is 0 Å². The van der Waals surface area contributed by atoms with E-state index in [0.29, 0.717) is 5.89 Å². The summed E-state index contributed by atoms with van der Waals surface area (Å²) in [5.41, 5.74) is 0.864. The first-order valence-electron chi connectivity index (χ1n) is 10.5. The third-order valence-corrected chi connectivity index (χ3v) is 6.21. The Morgan fingerprint density at radius 1 is 1.06 bits per heavy atom. The van der Waals surface area contributed by atoms with E-state index in [1.165, 1.54) is 7.11 Å². The number of nitrogens with one attached hydrogen (secondary N) is 2. The van der Waals surface area contributed by atoms with Crippen LogP contribution in [0.2, 0.25) is 0 Å². The second-order valence-corrected chi connectivity index (χ2v) is 8.11.